The average Bonchev–Trinajstić information content (AvgIpc) is 2.72. The molecule has 0 saturated carbocycles. The first-order chi connectivity index (χ1) is 6.86. The molecule has 1 aromatic rings. The Morgan fingerprint density at radius 2 is 2.14 bits per heavy atom. The van der Waals surface area contributed by atoms with Gasteiger partial charge in [0.1, 0.15) is 0 Å². The normalized spacial score (nSPS) is 21.0. The van der Waals surface area contributed by atoms with Crippen LogP contribution in [-0.4, -0.2) is 18.4 Å². The van der Waals surface area contributed by atoms with E-state index in [0.29, 0.717) is 12.5 Å². The number of ketones is 1. The molecule has 0 spiro atoms. The lowest BCUT2D eigenvalue weighted by molar-refractivity contribution is 0.0971. The van der Waals surface area contributed by atoms with E-state index in [-0.39, 0.29) is 5.78 Å². The molecule has 14 heavy (non-hydrogen) atoms. The van der Waals surface area contributed by atoms with Gasteiger partial charge in [0, 0.05) is 18.0 Å². The molecule has 1 N–H and O–H groups in total. The molecule has 1 aromatic carbocycles. The van der Waals surface area contributed by atoms with Crippen LogP contribution in [0.3, 0.4) is 0 Å². The van der Waals surface area contributed by atoms with Crippen LogP contribution in [0.1, 0.15) is 29.6 Å². The van der Waals surface area contributed by atoms with Crippen molar-refractivity contribution in [1.82, 2.24) is 5.32 Å². The fourth-order valence-electron chi connectivity index (χ4n) is 1.90. The predicted octanol–water partition coefficient (Wildman–Crippen LogP) is 2.01. The molecule has 2 nitrogen and oxygen atoms in total. The van der Waals surface area contributed by atoms with Gasteiger partial charge in [0.25, 0.3) is 0 Å². The first kappa shape index (κ1) is 9.41. The zero-order valence-corrected chi connectivity index (χ0v) is 8.20. The highest BCUT2D eigenvalue weighted by molar-refractivity contribution is 5.96. The molecule has 0 aromatic heterocycles. The maximum absolute atomic E-state index is 11.8. The Hall–Kier alpha value is -1.15. The van der Waals surface area contributed by atoms with Gasteiger partial charge in [-0.1, -0.05) is 30.3 Å². The van der Waals surface area contributed by atoms with E-state index >= 15 is 0 Å². The quantitative estimate of drug-likeness (QED) is 0.737. The zero-order chi connectivity index (χ0) is 9.80. The highest BCUT2D eigenvalue weighted by atomic mass is 16.1. The third-order valence-electron chi connectivity index (χ3n) is 2.69. The van der Waals surface area contributed by atoms with E-state index in [1.165, 1.54) is 6.42 Å². The van der Waals surface area contributed by atoms with Gasteiger partial charge >= 0.3 is 0 Å². The Morgan fingerprint density at radius 3 is 2.79 bits per heavy atom. The molecule has 0 aliphatic carbocycles. The predicted molar refractivity (Wildman–Crippen MR) is 56.4 cm³/mol. The third kappa shape index (κ3) is 2.20. The fraction of sp³-hybridized carbons (Fsp3) is 0.417. The molecule has 1 unspecified atom stereocenters. The first-order valence-corrected chi connectivity index (χ1v) is 5.18. The van der Waals surface area contributed by atoms with E-state index in [1.54, 1.807) is 0 Å². The zero-order valence-electron chi connectivity index (χ0n) is 8.20. The van der Waals surface area contributed by atoms with Crippen LogP contribution in [0, 0.1) is 0 Å². The van der Waals surface area contributed by atoms with Gasteiger partial charge in [-0.3, -0.25) is 4.79 Å². The molecule has 1 fully saturated rings. The summed E-state index contributed by atoms with van der Waals surface area (Å²) in [5, 5.41) is 3.34. The van der Waals surface area contributed by atoms with Crippen LogP contribution in [0.15, 0.2) is 30.3 Å². The molecule has 2 rings (SSSR count). The maximum Gasteiger partial charge on any atom is 0.164 e. The minimum Gasteiger partial charge on any atom is -0.314 e. The number of carbonyl (C=O) groups is 1. The van der Waals surface area contributed by atoms with E-state index in [1.807, 2.05) is 30.3 Å². The van der Waals surface area contributed by atoms with E-state index < -0.39 is 0 Å². The molecule has 0 amide bonds. The van der Waals surface area contributed by atoms with Crippen molar-refractivity contribution in [3.63, 3.8) is 0 Å². The number of Topliss-reactive ketones (excluding diaryl/α,β-unsaturated/α-hetero) is 1. The second-order valence-electron chi connectivity index (χ2n) is 3.79. The van der Waals surface area contributed by atoms with Crippen LogP contribution in [0.4, 0.5) is 0 Å². The van der Waals surface area contributed by atoms with Crippen molar-refractivity contribution in [3.8, 4) is 0 Å². The van der Waals surface area contributed by atoms with Crippen LogP contribution in [0.25, 0.3) is 0 Å². The van der Waals surface area contributed by atoms with Crippen LogP contribution in [0.5, 0.6) is 0 Å². The van der Waals surface area contributed by atoms with Gasteiger partial charge in [-0.2, -0.15) is 0 Å². The SMILES string of the molecule is O=C(CC1CCCN1)c1ccccc1. The minimum absolute atomic E-state index is 0.255. The molecule has 0 radical (unpaired) electrons. The second-order valence-corrected chi connectivity index (χ2v) is 3.79. The van der Waals surface area contributed by atoms with Crippen molar-refractivity contribution in [2.75, 3.05) is 6.54 Å². The maximum atomic E-state index is 11.8. The summed E-state index contributed by atoms with van der Waals surface area (Å²) in [6.07, 6.45) is 2.98. The summed E-state index contributed by atoms with van der Waals surface area (Å²) in [6, 6.07) is 9.94. The minimum atomic E-state index is 0.255. The monoisotopic (exact) mass is 189 g/mol. The van der Waals surface area contributed by atoms with Gasteiger partial charge in [-0.05, 0) is 19.4 Å². The summed E-state index contributed by atoms with van der Waals surface area (Å²) >= 11 is 0. The van der Waals surface area contributed by atoms with Gasteiger partial charge in [0.15, 0.2) is 5.78 Å². The van der Waals surface area contributed by atoms with E-state index in [2.05, 4.69) is 5.32 Å². The number of hydrogen-bond acceptors (Lipinski definition) is 2. The van der Waals surface area contributed by atoms with Crippen molar-refractivity contribution in [3.05, 3.63) is 35.9 Å². The Balaban J connectivity index is 1.95. The fourth-order valence-corrected chi connectivity index (χ4v) is 1.90. The van der Waals surface area contributed by atoms with E-state index in [4.69, 9.17) is 0 Å². The van der Waals surface area contributed by atoms with Gasteiger partial charge in [-0.25, -0.2) is 0 Å². The van der Waals surface area contributed by atoms with Crippen molar-refractivity contribution in [1.29, 1.82) is 0 Å². The Labute approximate surface area is 84.3 Å². The van der Waals surface area contributed by atoms with Crippen molar-refractivity contribution in [2.24, 2.45) is 0 Å². The Bertz CT molecular complexity index is 301. The Morgan fingerprint density at radius 1 is 1.36 bits per heavy atom. The molecular weight excluding hydrogens is 174 g/mol. The summed E-state index contributed by atoms with van der Waals surface area (Å²) in [4.78, 5) is 11.8. The number of rotatable bonds is 3. The highest BCUT2D eigenvalue weighted by Gasteiger charge is 2.17. The summed E-state index contributed by atoms with van der Waals surface area (Å²) in [5.74, 6) is 0.255. The number of carbonyl (C=O) groups excluding carboxylic acids is 1. The molecule has 2 heteroatoms. The van der Waals surface area contributed by atoms with Gasteiger partial charge in [0.2, 0.25) is 0 Å². The lowest BCUT2D eigenvalue weighted by Gasteiger charge is -2.08. The highest BCUT2D eigenvalue weighted by Crippen LogP contribution is 2.12. The number of hydrogen-bond donors (Lipinski definition) is 1. The smallest absolute Gasteiger partial charge is 0.164 e. The standard InChI is InChI=1S/C12H15NO/c14-12(9-11-7-4-8-13-11)10-5-2-1-3-6-10/h1-3,5-6,11,13H,4,7-9H2. The lowest BCUT2D eigenvalue weighted by atomic mass is 10.0. The summed E-state index contributed by atoms with van der Waals surface area (Å²) in [6.45, 7) is 1.06. The molecule has 1 aliphatic rings. The molecule has 1 atom stereocenters. The summed E-state index contributed by atoms with van der Waals surface area (Å²) in [7, 11) is 0. The summed E-state index contributed by atoms with van der Waals surface area (Å²) < 4.78 is 0. The van der Waals surface area contributed by atoms with Crippen LogP contribution in [-0.2, 0) is 0 Å². The van der Waals surface area contributed by atoms with Crippen molar-refractivity contribution >= 4 is 5.78 Å². The van der Waals surface area contributed by atoms with Crippen LogP contribution in [0.2, 0.25) is 0 Å². The molecule has 0 bridgehead atoms. The van der Waals surface area contributed by atoms with E-state index in [0.717, 1.165) is 18.5 Å². The second kappa shape index (κ2) is 4.38. The average molecular weight is 189 g/mol. The van der Waals surface area contributed by atoms with Gasteiger partial charge in [0.05, 0.1) is 0 Å². The molecule has 1 heterocycles. The molecule has 74 valence electrons. The molecule has 1 saturated heterocycles. The molecular formula is C12H15NO. The lowest BCUT2D eigenvalue weighted by Crippen LogP contribution is -2.24. The first-order valence-electron chi connectivity index (χ1n) is 5.18. The Kier molecular flexibility index (Phi) is 2.94. The van der Waals surface area contributed by atoms with Gasteiger partial charge < -0.3 is 5.32 Å². The number of benzene rings is 1. The van der Waals surface area contributed by atoms with Gasteiger partial charge in [-0.15, -0.1) is 0 Å². The topological polar surface area (TPSA) is 29.1 Å². The summed E-state index contributed by atoms with van der Waals surface area (Å²) in [5.41, 5.74) is 0.834. The van der Waals surface area contributed by atoms with Crippen LogP contribution < -0.4 is 5.32 Å². The van der Waals surface area contributed by atoms with Crippen molar-refractivity contribution in [2.45, 2.75) is 25.3 Å². The van der Waals surface area contributed by atoms with E-state index in [9.17, 15) is 4.79 Å². The third-order valence-corrected chi connectivity index (χ3v) is 2.69. The van der Waals surface area contributed by atoms with Crippen LogP contribution >= 0.6 is 0 Å². The number of nitrogens with one attached hydrogen (secondary N) is 1. The van der Waals surface area contributed by atoms with Crippen molar-refractivity contribution < 1.29 is 4.79 Å². The largest absolute Gasteiger partial charge is 0.314 e. The molecule has 1 aliphatic heterocycles.